The fourth-order valence-corrected chi connectivity index (χ4v) is 4.47. The third-order valence-corrected chi connectivity index (χ3v) is 6.06. The average Bonchev–Trinajstić information content (AvgIpc) is 3.30. The van der Waals surface area contributed by atoms with Gasteiger partial charge in [-0.25, -0.2) is 4.79 Å². The second kappa shape index (κ2) is 10.8. The molecule has 3 amide bonds. The number of carbonyl (C=O) groups excluding carboxylic acids is 4. The number of halogens is 1. The summed E-state index contributed by atoms with van der Waals surface area (Å²) < 4.78 is 5.52. The first-order valence-electron chi connectivity index (χ1n) is 11.0. The maximum Gasteiger partial charge on any atom is 0.410 e. The van der Waals surface area contributed by atoms with E-state index in [1.54, 1.807) is 6.07 Å². The summed E-state index contributed by atoms with van der Waals surface area (Å²) in [5, 5.41) is 6.08. The Morgan fingerprint density at radius 3 is 2.78 bits per heavy atom. The van der Waals surface area contributed by atoms with Crippen molar-refractivity contribution in [3.63, 3.8) is 0 Å². The quantitative estimate of drug-likeness (QED) is 0.518. The minimum Gasteiger partial charge on any atom is -0.444 e. The van der Waals surface area contributed by atoms with Gasteiger partial charge >= 0.3 is 6.09 Å². The number of rotatable bonds is 10. The van der Waals surface area contributed by atoms with Gasteiger partial charge in [0.1, 0.15) is 18.4 Å². The van der Waals surface area contributed by atoms with Crippen LogP contribution in [0.4, 0.5) is 4.79 Å². The molecule has 0 radical (unpaired) electrons. The van der Waals surface area contributed by atoms with Crippen LogP contribution in [-0.2, 0) is 25.5 Å². The number of carbonyl (C=O) groups is 4. The first-order chi connectivity index (χ1) is 15.3. The molecule has 1 unspecified atom stereocenters. The van der Waals surface area contributed by atoms with Crippen molar-refractivity contribution in [2.75, 3.05) is 13.1 Å². The van der Waals surface area contributed by atoms with E-state index < -0.39 is 30.2 Å². The molecule has 2 heterocycles. The van der Waals surface area contributed by atoms with Crippen molar-refractivity contribution in [1.82, 2.24) is 15.5 Å². The summed E-state index contributed by atoms with van der Waals surface area (Å²) >= 11 is 6.04. The number of nitrogens with one attached hydrogen (secondary N) is 2. The van der Waals surface area contributed by atoms with E-state index in [0.717, 1.165) is 5.56 Å². The zero-order chi connectivity index (χ0) is 23.3. The van der Waals surface area contributed by atoms with Crippen molar-refractivity contribution in [3.8, 4) is 0 Å². The lowest BCUT2D eigenvalue weighted by molar-refractivity contribution is -0.129. The van der Waals surface area contributed by atoms with Crippen molar-refractivity contribution < 1.29 is 23.9 Å². The largest absolute Gasteiger partial charge is 0.444 e. The molecule has 1 aromatic carbocycles. The van der Waals surface area contributed by atoms with Crippen LogP contribution in [-0.4, -0.2) is 60.4 Å². The minimum atomic E-state index is -0.785. The van der Waals surface area contributed by atoms with Crippen LogP contribution < -0.4 is 10.6 Å². The Labute approximate surface area is 193 Å². The first kappa shape index (κ1) is 24.0. The standard InChI is InChI=1S/C23H30ClN3O5/c1-14(2)8-20(22(30)26-18(13-28)11-16-6-7-25-21(16)29)27-12-19(32-23(27)31)10-15-4-3-5-17(24)9-15/h3-5,9,13-14,16,18-20H,6-8,10-12H2,1-2H3,(H,25,29)(H,26,30)/t16-,18-,19?,20-/m0/s1. The molecular formula is C23H30ClN3O5. The summed E-state index contributed by atoms with van der Waals surface area (Å²) in [5.74, 6) is -0.667. The zero-order valence-corrected chi connectivity index (χ0v) is 19.1. The summed E-state index contributed by atoms with van der Waals surface area (Å²) in [5.41, 5.74) is 0.942. The molecule has 0 saturated carbocycles. The summed E-state index contributed by atoms with van der Waals surface area (Å²) in [6, 6.07) is 5.81. The van der Waals surface area contributed by atoms with Crippen molar-refractivity contribution in [2.24, 2.45) is 11.8 Å². The molecule has 0 aromatic heterocycles. The van der Waals surface area contributed by atoms with Gasteiger partial charge in [-0.1, -0.05) is 37.6 Å². The van der Waals surface area contributed by atoms with Gasteiger partial charge in [-0.3, -0.25) is 14.5 Å². The summed E-state index contributed by atoms with van der Waals surface area (Å²) in [6.45, 7) is 4.77. The van der Waals surface area contributed by atoms with Crippen LogP contribution >= 0.6 is 11.6 Å². The van der Waals surface area contributed by atoms with Crippen molar-refractivity contribution in [2.45, 2.75) is 57.7 Å². The molecule has 3 rings (SSSR count). The van der Waals surface area contributed by atoms with E-state index in [0.29, 0.717) is 37.1 Å². The Kier molecular flexibility index (Phi) is 8.12. The SMILES string of the molecule is CC(C)C[C@@H](C(=O)N[C@H](C=O)C[C@@H]1CCNC1=O)N1CC(Cc2cccc(Cl)c2)OC1=O. The molecule has 0 bridgehead atoms. The molecule has 0 spiro atoms. The fraction of sp³-hybridized carbons (Fsp3) is 0.565. The average molecular weight is 464 g/mol. The Hall–Kier alpha value is -2.61. The van der Waals surface area contributed by atoms with Gasteiger partial charge in [0.05, 0.1) is 12.6 Å². The monoisotopic (exact) mass is 463 g/mol. The second-order valence-corrected chi connectivity index (χ2v) is 9.34. The van der Waals surface area contributed by atoms with Crippen molar-refractivity contribution in [1.29, 1.82) is 0 Å². The Bertz CT molecular complexity index is 862. The van der Waals surface area contributed by atoms with Gasteiger partial charge in [0, 0.05) is 23.9 Å². The Morgan fingerprint density at radius 1 is 1.38 bits per heavy atom. The summed E-state index contributed by atoms with van der Waals surface area (Å²) in [4.78, 5) is 50.6. The minimum absolute atomic E-state index is 0.100. The summed E-state index contributed by atoms with van der Waals surface area (Å²) in [7, 11) is 0. The molecule has 2 fully saturated rings. The molecular weight excluding hydrogens is 434 g/mol. The number of nitrogens with zero attached hydrogens (tertiary/aromatic N) is 1. The number of hydrogen-bond donors (Lipinski definition) is 2. The van der Waals surface area contributed by atoms with E-state index in [-0.39, 0.29) is 30.7 Å². The van der Waals surface area contributed by atoms with Crippen LogP contribution in [0.1, 0.15) is 38.7 Å². The first-order valence-corrected chi connectivity index (χ1v) is 11.4. The fourth-order valence-electron chi connectivity index (χ4n) is 4.26. The predicted octanol–water partition coefficient (Wildman–Crippen LogP) is 2.33. The molecule has 32 heavy (non-hydrogen) atoms. The number of ether oxygens (including phenoxy) is 1. The molecule has 8 nitrogen and oxygen atoms in total. The lowest BCUT2D eigenvalue weighted by Crippen LogP contribution is -2.51. The summed E-state index contributed by atoms with van der Waals surface area (Å²) in [6.07, 6.45) is 1.52. The van der Waals surface area contributed by atoms with E-state index >= 15 is 0 Å². The third-order valence-electron chi connectivity index (χ3n) is 5.82. The maximum atomic E-state index is 13.1. The van der Waals surface area contributed by atoms with Gasteiger partial charge < -0.3 is 20.2 Å². The van der Waals surface area contributed by atoms with Gasteiger partial charge in [-0.15, -0.1) is 0 Å². The van der Waals surface area contributed by atoms with E-state index in [1.165, 1.54) is 4.90 Å². The van der Waals surface area contributed by atoms with Crippen LogP contribution in [0, 0.1) is 11.8 Å². The lowest BCUT2D eigenvalue weighted by Gasteiger charge is -2.28. The van der Waals surface area contributed by atoms with Gasteiger partial charge in [0.25, 0.3) is 0 Å². The van der Waals surface area contributed by atoms with Gasteiger partial charge in [0.2, 0.25) is 11.8 Å². The number of amides is 3. The number of cyclic esters (lactones) is 1. The van der Waals surface area contributed by atoms with E-state index in [4.69, 9.17) is 16.3 Å². The highest BCUT2D eigenvalue weighted by Gasteiger charge is 2.40. The Morgan fingerprint density at radius 2 is 2.16 bits per heavy atom. The molecule has 4 atom stereocenters. The van der Waals surface area contributed by atoms with Crippen molar-refractivity contribution in [3.05, 3.63) is 34.9 Å². The van der Waals surface area contributed by atoms with Gasteiger partial charge in [-0.05, 0) is 42.9 Å². The highest BCUT2D eigenvalue weighted by molar-refractivity contribution is 6.30. The normalized spacial score (nSPS) is 22.4. The van der Waals surface area contributed by atoms with E-state index in [2.05, 4.69) is 10.6 Å². The Balaban J connectivity index is 1.66. The van der Waals surface area contributed by atoms with E-state index in [1.807, 2.05) is 32.0 Å². The van der Waals surface area contributed by atoms with Gasteiger partial charge in [-0.2, -0.15) is 0 Å². The van der Waals surface area contributed by atoms with Crippen LogP contribution in [0.5, 0.6) is 0 Å². The van der Waals surface area contributed by atoms with Gasteiger partial charge in [0.15, 0.2) is 0 Å². The number of hydrogen-bond acceptors (Lipinski definition) is 5. The highest BCUT2D eigenvalue weighted by Crippen LogP contribution is 2.23. The molecule has 2 aliphatic heterocycles. The molecule has 2 saturated heterocycles. The molecule has 2 aliphatic rings. The number of aldehydes is 1. The molecule has 9 heteroatoms. The molecule has 174 valence electrons. The highest BCUT2D eigenvalue weighted by atomic mass is 35.5. The van der Waals surface area contributed by atoms with E-state index in [9.17, 15) is 19.2 Å². The smallest absolute Gasteiger partial charge is 0.410 e. The topological polar surface area (TPSA) is 105 Å². The van der Waals surface area contributed by atoms with Crippen molar-refractivity contribution >= 4 is 35.8 Å². The second-order valence-electron chi connectivity index (χ2n) is 8.90. The lowest BCUT2D eigenvalue weighted by atomic mass is 9.97. The number of benzene rings is 1. The van der Waals surface area contributed by atoms with Crippen LogP contribution in [0.25, 0.3) is 0 Å². The third kappa shape index (κ3) is 6.22. The predicted molar refractivity (Wildman–Crippen MR) is 119 cm³/mol. The van der Waals surface area contributed by atoms with Crippen LogP contribution in [0.2, 0.25) is 5.02 Å². The molecule has 1 aromatic rings. The van der Waals surface area contributed by atoms with Crippen LogP contribution in [0.3, 0.4) is 0 Å². The van der Waals surface area contributed by atoms with Crippen LogP contribution in [0.15, 0.2) is 24.3 Å². The molecule has 0 aliphatic carbocycles. The molecule has 2 N–H and O–H groups in total. The zero-order valence-electron chi connectivity index (χ0n) is 18.4. The maximum absolute atomic E-state index is 13.1.